The van der Waals surface area contributed by atoms with E-state index in [0.29, 0.717) is 19.3 Å². The van der Waals surface area contributed by atoms with Gasteiger partial charge in [0.1, 0.15) is 18.8 Å². The molecule has 75 heavy (non-hydrogen) atoms. The molecule has 12 heteroatoms. The number of aliphatic hydroxyl groups is 2. The molecule has 0 amide bonds. The largest absolute Gasteiger partial charge is 0.479 e. The molecule has 1 aliphatic rings. The van der Waals surface area contributed by atoms with Gasteiger partial charge in [-0.3, -0.25) is 14.4 Å². The maximum atomic E-state index is 13.1. The smallest absolute Gasteiger partial charge is 0.335 e. The first-order valence-electron chi connectivity index (χ1n) is 30.3. The molecule has 0 aliphatic carbocycles. The zero-order valence-corrected chi connectivity index (χ0v) is 47.5. The molecule has 0 saturated carbocycles. The number of esters is 3. The van der Waals surface area contributed by atoms with Crippen LogP contribution in [-0.2, 0) is 42.9 Å². The summed E-state index contributed by atoms with van der Waals surface area (Å²) in [5, 5.41) is 31.5. The lowest BCUT2D eigenvalue weighted by Gasteiger charge is -2.40. The maximum absolute atomic E-state index is 13.1. The Morgan fingerprint density at radius 1 is 0.453 bits per heavy atom. The van der Waals surface area contributed by atoms with Crippen molar-refractivity contribution in [3.63, 3.8) is 0 Å². The quantitative estimate of drug-likeness (QED) is 0.0228. The van der Waals surface area contributed by atoms with E-state index in [4.69, 9.17) is 23.7 Å². The molecule has 6 unspecified atom stereocenters. The summed E-state index contributed by atoms with van der Waals surface area (Å²) >= 11 is 0. The highest BCUT2D eigenvalue weighted by molar-refractivity contribution is 5.74. The van der Waals surface area contributed by atoms with Crippen molar-refractivity contribution in [2.24, 2.45) is 0 Å². The van der Waals surface area contributed by atoms with Crippen LogP contribution >= 0.6 is 0 Å². The van der Waals surface area contributed by atoms with Crippen molar-refractivity contribution in [2.45, 2.75) is 302 Å². The molecule has 6 atom stereocenters. The highest BCUT2D eigenvalue weighted by Crippen LogP contribution is 2.26. The fraction of sp³-hybridized carbons (Fsp3) is 0.778. The third-order valence-corrected chi connectivity index (χ3v) is 13.6. The molecule has 0 bridgehead atoms. The fourth-order valence-electron chi connectivity index (χ4n) is 8.94. The molecule has 1 fully saturated rings. The van der Waals surface area contributed by atoms with Gasteiger partial charge in [0.2, 0.25) is 0 Å². The van der Waals surface area contributed by atoms with E-state index in [9.17, 15) is 34.5 Å². The van der Waals surface area contributed by atoms with E-state index in [1.54, 1.807) is 0 Å². The van der Waals surface area contributed by atoms with Crippen LogP contribution < -0.4 is 0 Å². The van der Waals surface area contributed by atoms with E-state index in [2.05, 4.69) is 81.5 Å². The molecule has 1 heterocycles. The first-order chi connectivity index (χ1) is 36.6. The molecule has 1 aliphatic heterocycles. The Kier molecular flexibility index (Phi) is 47.4. The molecule has 432 valence electrons. The van der Waals surface area contributed by atoms with E-state index < -0.39 is 67.3 Å². The van der Waals surface area contributed by atoms with Crippen LogP contribution in [0.25, 0.3) is 0 Å². The second kappa shape index (κ2) is 51.2. The number of carboxylic acids is 1. The van der Waals surface area contributed by atoms with E-state index in [1.165, 1.54) is 96.3 Å². The molecule has 1 rings (SSSR count). The topological polar surface area (TPSA) is 175 Å². The number of carboxylic acid groups (broad SMARTS) is 1. The Hall–Kier alpha value is -3.58. The summed E-state index contributed by atoms with van der Waals surface area (Å²) < 4.78 is 28.4. The van der Waals surface area contributed by atoms with Gasteiger partial charge < -0.3 is 39.0 Å². The summed E-state index contributed by atoms with van der Waals surface area (Å²) in [4.78, 5) is 51.1. The first kappa shape index (κ1) is 69.4. The average molecular weight is 1060 g/mol. The van der Waals surface area contributed by atoms with Crippen molar-refractivity contribution in [2.75, 3.05) is 13.2 Å². The first-order valence-corrected chi connectivity index (χ1v) is 30.3. The van der Waals surface area contributed by atoms with Gasteiger partial charge in [0.15, 0.2) is 24.6 Å². The molecular formula is C63H108O12. The van der Waals surface area contributed by atoms with Crippen molar-refractivity contribution >= 4 is 23.9 Å². The Morgan fingerprint density at radius 2 is 0.840 bits per heavy atom. The van der Waals surface area contributed by atoms with Gasteiger partial charge in [-0.2, -0.15) is 0 Å². The predicted molar refractivity (Wildman–Crippen MR) is 303 cm³/mol. The van der Waals surface area contributed by atoms with Gasteiger partial charge in [0.05, 0.1) is 6.61 Å². The molecule has 3 N–H and O–H groups in total. The number of carbonyl (C=O) groups excluding carboxylic acids is 3. The molecule has 0 aromatic carbocycles. The van der Waals surface area contributed by atoms with Crippen LogP contribution in [0, 0.1) is 0 Å². The van der Waals surface area contributed by atoms with Crippen LogP contribution in [0.3, 0.4) is 0 Å². The number of rotatable bonds is 51. The number of aliphatic carboxylic acids is 1. The van der Waals surface area contributed by atoms with Crippen LogP contribution in [0.1, 0.15) is 265 Å². The minimum absolute atomic E-state index is 0.0583. The monoisotopic (exact) mass is 1060 g/mol. The Balaban J connectivity index is 2.69. The second-order valence-corrected chi connectivity index (χ2v) is 20.6. The number of unbranched alkanes of at least 4 members (excludes halogenated alkanes) is 27. The number of carbonyl (C=O) groups is 4. The Morgan fingerprint density at radius 3 is 1.32 bits per heavy atom. The number of hydrogen-bond acceptors (Lipinski definition) is 11. The summed E-state index contributed by atoms with van der Waals surface area (Å²) in [6.45, 7) is 5.83. The van der Waals surface area contributed by atoms with Crippen molar-refractivity contribution in [3.8, 4) is 0 Å². The van der Waals surface area contributed by atoms with E-state index in [0.717, 1.165) is 109 Å². The molecule has 12 nitrogen and oxygen atoms in total. The van der Waals surface area contributed by atoms with E-state index in [1.807, 2.05) is 0 Å². The van der Waals surface area contributed by atoms with Gasteiger partial charge in [-0.1, -0.05) is 223 Å². The van der Waals surface area contributed by atoms with Gasteiger partial charge in [-0.25, -0.2) is 4.79 Å². The fourth-order valence-corrected chi connectivity index (χ4v) is 8.94. The van der Waals surface area contributed by atoms with Gasteiger partial charge in [0, 0.05) is 19.3 Å². The standard InChI is InChI=1S/C63H108O12/c1-4-7-10-13-16-19-22-25-27-28-30-33-36-39-42-45-48-51-57(66)74-61-59(68)58(67)60(62(69)70)75-63(61)72-53-54(73-56(65)50-47-44-41-38-35-31-24-21-18-15-12-9-6-3)52-71-55(64)49-46-43-40-37-34-32-29-26-23-20-17-14-11-8-5-2/h9,12,17-18,20-21,26,29,31,35,54,58-61,63,67-68H,4-8,10-11,13-16,19,22-25,27-28,30,32-34,36-53H2,1-3H3,(H,69,70)/b12-9-,20-17-,21-18-,29-26-,35-31-. The minimum atomic E-state index is -1.91. The Bertz CT molecular complexity index is 1540. The van der Waals surface area contributed by atoms with Gasteiger partial charge >= 0.3 is 23.9 Å². The number of hydrogen-bond donors (Lipinski definition) is 3. The molecule has 0 radical (unpaired) electrons. The number of allylic oxidation sites excluding steroid dienone is 10. The van der Waals surface area contributed by atoms with Crippen molar-refractivity contribution in [3.05, 3.63) is 60.8 Å². The van der Waals surface area contributed by atoms with E-state index >= 15 is 0 Å². The van der Waals surface area contributed by atoms with Crippen LogP contribution in [0.5, 0.6) is 0 Å². The predicted octanol–water partition coefficient (Wildman–Crippen LogP) is 15.6. The van der Waals surface area contributed by atoms with Gasteiger partial charge in [-0.05, 0) is 83.5 Å². The van der Waals surface area contributed by atoms with Crippen LogP contribution in [-0.4, -0.2) is 89.2 Å². The lowest BCUT2D eigenvalue weighted by molar-refractivity contribution is -0.301. The van der Waals surface area contributed by atoms with Crippen molar-refractivity contribution in [1.82, 2.24) is 0 Å². The van der Waals surface area contributed by atoms with Crippen LogP contribution in [0.2, 0.25) is 0 Å². The molecule has 0 spiro atoms. The van der Waals surface area contributed by atoms with E-state index in [-0.39, 0.29) is 25.9 Å². The minimum Gasteiger partial charge on any atom is -0.479 e. The van der Waals surface area contributed by atoms with Gasteiger partial charge in [0.25, 0.3) is 0 Å². The lowest BCUT2D eigenvalue weighted by atomic mass is 9.98. The average Bonchev–Trinajstić information content (AvgIpc) is 3.39. The van der Waals surface area contributed by atoms with Crippen LogP contribution in [0.15, 0.2) is 60.8 Å². The zero-order chi connectivity index (χ0) is 54.7. The van der Waals surface area contributed by atoms with Crippen molar-refractivity contribution < 1.29 is 58.2 Å². The van der Waals surface area contributed by atoms with Crippen molar-refractivity contribution in [1.29, 1.82) is 0 Å². The normalized spacial score (nSPS) is 18.5. The number of aliphatic hydroxyl groups excluding tert-OH is 2. The maximum Gasteiger partial charge on any atom is 0.335 e. The third kappa shape index (κ3) is 41.2. The molecular weight excluding hydrogens is 949 g/mol. The zero-order valence-electron chi connectivity index (χ0n) is 47.5. The highest BCUT2D eigenvalue weighted by atomic mass is 16.7. The third-order valence-electron chi connectivity index (χ3n) is 13.6. The summed E-state index contributed by atoms with van der Waals surface area (Å²) in [6.07, 6.45) is 50.5. The molecule has 1 saturated heterocycles. The highest BCUT2D eigenvalue weighted by Gasteiger charge is 2.50. The summed E-state index contributed by atoms with van der Waals surface area (Å²) in [5.74, 6) is -3.16. The summed E-state index contributed by atoms with van der Waals surface area (Å²) in [5.41, 5.74) is 0. The molecule has 0 aromatic rings. The number of ether oxygens (including phenoxy) is 5. The second-order valence-electron chi connectivity index (χ2n) is 20.6. The lowest BCUT2D eigenvalue weighted by Crippen LogP contribution is -2.61. The van der Waals surface area contributed by atoms with Gasteiger partial charge in [-0.15, -0.1) is 0 Å². The SMILES string of the molecule is CC/C=C\C/C=C\C/C=C\CCCCCC(=O)OC(COC(=O)CCCCCCC/C=C\C/C=C\CCCCC)COC1OC(C(=O)O)C(O)C(O)C1OC(=O)CCCCCCCCCCCCCCCCCCC. The Labute approximate surface area is 456 Å². The van der Waals surface area contributed by atoms with Crippen LogP contribution in [0.4, 0.5) is 0 Å². The summed E-state index contributed by atoms with van der Waals surface area (Å²) in [7, 11) is 0. The summed E-state index contributed by atoms with van der Waals surface area (Å²) in [6, 6.07) is 0. The molecule has 0 aromatic heterocycles.